The second-order valence-corrected chi connectivity index (χ2v) is 3.93. The summed E-state index contributed by atoms with van der Waals surface area (Å²) in [6.45, 7) is 0. The van der Waals surface area contributed by atoms with Gasteiger partial charge in [0.1, 0.15) is 0 Å². The molecule has 19 heavy (non-hydrogen) atoms. The Morgan fingerprint density at radius 1 is 1.05 bits per heavy atom. The molecule has 0 bridgehead atoms. The van der Waals surface area contributed by atoms with Gasteiger partial charge in [-0.3, -0.25) is 0 Å². The van der Waals surface area contributed by atoms with Gasteiger partial charge in [-0.2, -0.15) is 0 Å². The van der Waals surface area contributed by atoms with E-state index in [1.54, 1.807) is 6.08 Å². The average molecular weight is 253 g/mol. The number of hydrogen-bond acceptors (Lipinski definition) is 3. The van der Waals surface area contributed by atoms with Crippen LogP contribution in [0.2, 0.25) is 0 Å². The van der Waals surface area contributed by atoms with Gasteiger partial charge < -0.3 is 10.1 Å². The van der Waals surface area contributed by atoms with Gasteiger partial charge in [0.05, 0.1) is 7.11 Å². The van der Waals surface area contributed by atoms with E-state index in [1.165, 1.54) is 13.2 Å². The van der Waals surface area contributed by atoms with Crippen LogP contribution in [0.5, 0.6) is 0 Å². The van der Waals surface area contributed by atoms with E-state index < -0.39 is 0 Å². The standard InChI is InChI=1S/C16H15NO2/c1-19-16(18)12-11-13-7-5-6-10-15(13)17-14-8-3-2-4-9-14/h2-12,17H,1H3/b12-11+. The summed E-state index contributed by atoms with van der Waals surface area (Å²) in [6, 6.07) is 17.6. The van der Waals surface area contributed by atoms with E-state index in [1.807, 2.05) is 54.6 Å². The van der Waals surface area contributed by atoms with Crippen molar-refractivity contribution in [1.29, 1.82) is 0 Å². The van der Waals surface area contributed by atoms with Gasteiger partial charge in [0.25, 0.3) is 0 Å². The van der Waals surface area contributed by atoms with Crippen LogP contribution < -0.4 is 5.32 Å². The molecule has 0 spiro atoms. The molecule has 1 N–H and O–H groups in total. The molecule has 96 valence electrons. The molecule has 0 aliphatic heterocycles. The van der Waals surface area contributed by atoms with E-state index in [0.717, 1.165) is 16.9 Å². The monoisotopic (exact) mass is 253 g/mol. The van der Waals surface area contributed by atoms with E-state index in [-0.39, 0.29) is 5.97 Å². The van der Waals surface area contributed by atoms with Crippen molar-refractivity contribution in [3.8, 4) is 0 Å². The van der Waals surface area contributed by atoms with Gasteiger partial charge in [-0.1, -0.05) is 36.4 Å². The maximum atomic E-state index is 11.1. The number of ether oxygens (including phenoxy) is 1. The zero-order valence-electron chi connectivity index (χ0n) is 10.7. The van der Waals surface area contributed by atoms with Crippen molar-refractivity contribution in [2.45, 2.75) is 0 Å². The van der Waals surface area contributed by atoms with Crippen LogP contribution in [0.15, 0.2) is 60.7 Å². The smallest absolute Gasteiger partial charge is 0.330 e. The first-order valence-electron chi connectivity index (χ1n) is 5.97. The molecule has 0 radical (unpaired) electrons. The molecule has 0 aromatic heterocycles. The van der Waals surface area contributed by atoms with Crippen molar-refractivity contribution in [2.75, 3.05) is 12.4 Å². The lowest BCUT2D eigenvalue weighted by atomic mass is 10.1. The second kappa shape index (κ2) is 6.40. The first-order valence-corrected chi connectivity index (χ1v) is 5.97. The number of methoxy groups -OCH3 is 1. The summed E-state index contributed by atoms with van der Waals surface area (Å²) in [7, 11) is 1.36. The molecule has 3 nitrogen and oxygen atoms in total. The predicted octanol–water partition coefficient (Wildman–Crippen LogP) is 3.62. The van der Waals surface area contributed by atoms with Crippen LogP contribution in [0, 0.1) is 0 Å². The van der Waals surface area contributed by atoms with Gasteiger partial charge in [-0.25, -0.2) is 4.79 Å². The number of rotatable bonds is 4. The number of para-hydroxylation sites is 2. The summed E-state index contributed by atoms with van der Waals surface area (Å²) < 4.78 is 4.58. The van der Waals surface area contributed by atoms with Crippen LogP contribution in [-0.2, 0) is 9.53 Å². The van der Waals surface area contributed by atoms with Crippen molar-refractivity contribution in [3.05, 3.63) is 66.2 Å². The highest BCUT2D eigenvalue weighted by atomic mass is 16.5. The quantitative estimate of drug-likeness (QED) is 0.668. The second-order valence-electron chi connectivity index (χ2n) is 3.93. The van der Waals surface area contributed by atoms with E-state index in [4.69, 9.17) is 0 Å². The molecule has 0 saturated heterocycles. The number of carbonyl (C=O) groups is 1. The van der Waals surface area contributed by atoms with Crippen molar-refractivity contribution >= 4 is 23.4 Å². The van der Waals surface area contributed by atoms with Crippen LogP contribution in [0.4, 0.5) is 11.4 Å². The fourth-order valence-corrected chi connectivity index (χ4v) is 1.66. The number of nitrogens with one attached hydrogen (secondary N) is 1. The SMILES string of the molecule is COC(=O)/C=C/c1ccccc1Nc1ccccc1. The van der Waals surface area contributed by atoms with Crippen molar-refractivity contribution < 1.29 is 9.53 Å². The maximum absolute atomic E-state index is 11.1. The summed E-state index contributed by atoms with van der Waals surface area (Å²) in [5, 5.41) is 3.31. The van der Waals surface area contributed by atoms with Crippen molar-refractivity contribution in [1.82, 2.24) is 0 Å². The van der Waals surface area contributed by atoms with Crippen molar-refractivity contribution in [3.63, 3.8) is 0 Å². The van der Waals surface area contributed by atoms with Gasteiger partial charge in [0.15, 0.2) is 0 Å². The van der Waals surface area contributed by atoms with Crippen molar-refractivity contribution in [2.24, 2.45) is 0 Å². The molecule has 0 amide bonds. The van der Waals surface area contributed by atoms with Crippen LogP contribution in [-0.4, -0.2) is 13.1 Å². The number of benzene rings is 2. The van der Waals surface area contributed by atoms with Gasteiger partial charge in [-0.05, 0) is 29.8 Å². The van der Waals surface area contributed by atoms with Gasteiger partial charge in [0.2, 0.25) is 0 Å². The Hall–Kier alpha value is -2.55. The zero-order chi connectivity index (χ0) is 13.5. The molecule has 0 saturated carbocycles. The van der Waals surface area contributed by atoms with Gasteiger partial charge >= 0.3 is 5.97 Å². The zero-order valence-corrected chi connectivity index (χ0v) is 10.7. The van der Waals surface area contributed by atoms with Crippen LogP contribution in [0.1, 0.15) is 5.56 Å². The molecule has 0 atom stereocenters. The minimum absolute atomic E-state index is 0.366. The highest BCUT2D eigenvalue weighted by molar-refractivity contribution is 5.88. The summed E-state index contributed by atoms with van der Waals surface area (Å²) in [4.78, 5) is 11.1. The molecule has 0 aliphatic carbocycles. The minimum atomic E-state index is -0.366. The third-order valence-electron chi connectivity index (χ3n) is 2.61. The highest BCUT2D eigenvalue weighted by Crippen LogP contribution is 2.21. The van der Waals surface area contributed by atoms with Crippen LogP contribution in [0.25, 0.3) is 6.08 Å². The van der Waals surface area contributed by atoms with E-state index in [0.29, 0.717) is 0 Å². The third kappa shape index (κ3) is 3.71. The summed E-state index contributed by atoms with van der Waals surface area (Å²) >= 11 is 0. The molecule has 2 rings (SSSR count). The minimum Gasteiger partial charge on any atom is -0.466 e. The third-order valence-corrected chi connectivity index (χ3v) is 2.61. The summed E-state index contributed by atoms with van der Waals surface area (Å²) in [5.41, 5.74) is 2.87. The summed E-state index contributed by atoms with van der Waals surface area (Å²) in [5.74, 6) is -0.366. The molecule has 0 fully saturated rings. The van der Waals surface area contributed by atoms with Gasteiger partial charge in [-0.15, -0.1) is 0 Å². The van der Waals surface area contributed by atoms with E-state index >= 15 is 0 Å². The highest BCUT2D eigenvalue weighted by Gasteiger charge is 2.00. The van der Waals surface area contributed by atoms with Crippen LogP contribution >= 0.6 is 0 Å². The maximum Gasteiger partial charge on any atom is 0.330 e. The molecule has 2 aromatic carbocycles. The van der Waals surface area contributed by atoms with Crippen LogP contribution in [0.3, 0.4) is 0 Å². The Kier molecular flexibility index (Phi) is 4.34. The molecule has 3 heteroatoms. The molecular weight excluding hydrogens is 238 g/mol. The first kappa shape index (κ1) is 12.9. The fraction of sp³-hybridized carbons (Fsp3) is 0.0625. The number of anilines is 2. The fourth-order valence-electron chi connectivity index (χ4n) is 1.66. The molecular formula is C16H15NO2. The lowest BCUT2D eigenvalue weighted by Gasteiger charge is -2.09. The number of hydrogen-bond donors (Lipinski definition) is 1. The molecule has 2 aromatic rings. The van der Waals surface area contributed by atoms with E-state index in [9.17, 15) is 4.79 Å². The first-order chi connectivity index (χ1) is 9.29. The lowest BCUT2D eigenvalue weighted by Crippen LogP contribution is -1.95. The molecule has 0 aliphatic rings. The Morgan fingerprint density at radius 2 is 1.74 bits per heavy atom. The number of esters is 1. The Labute approximate surface area is 112 Å². The van der Waals surface area contributed by atoms with E-state index in [2.05, 4.69) is 10.1 Å². The Balaban J connectivity index is 2.21. The van der Waals surface area contributed by atoms with Gasteiger partial charge in [0, 0.05) is 17.5 Å². The normalized spacial score (nSPS) is 10.4. The largest absolute Gasteiger partial charge is 0.466 e. The average Bonchev–Trinajstić information content (AvgIpc) is 2.47. The number of carbonyl (C=O) groups excluding carboxylic acids is 1. The Bertz CT molecular complexity index is 576. The predicted molar refractivity (Wildman–Crippen MR) is 77.2 cm³/mol. The molecule has 0 unspecified atom stereocenters. The Morgan fingerprint density at radius 3 is 2.47 bits per heavy atom. The topological polar surface area (TPSA) is 38.3 Å². The molecule has 0 heterocycles. The lowest BCUT2D eigenvalue weighted by molar-refractivity contribution is -0.134. The summed E-state index contributed by atoms with van der Waals surface area (Å²) in [6.07, 6.45) is 3.14.